The van der Waals surface area contributed by atoms with E-state index in [0.717, 1.165) is 15.3 Å². The van der Waals surface area contributed by atoms with Crippen LogP contribution < -0.4 is 10.9 Å². The molecule has 0 spiro atoms. The van der Waals surface area contributed by atoms with Crippen LogP contribution in [0.1, 0.15) is 22.3 Å². The summed E-state index contributed by atoms with van der Waals surface area (Å²) in [6.07, 6.45) is 0. The van der Waals surface area contributed by atoms with Crippen LogP contribution in [-0.2, 0) is 16.1 Å². The van der Waals surface area contributed by atoms with Crippen molar-refractivity contribution in [1.82, 2.24) is 14.8 Å². The van der Waals surface area contributed by atoms with E-state index in [1.54, 1.807) is 31.2 Å². The number of fused-ring (bicyclic) bond motifs is 1. The van der Waals surface area contributed by atoms with Gasteiger partial charge in [0.05, 0.1) is 27.6 Å². The lowest BCUT2D eigenvalue weighted by molar-refractivity contribution is -0.117. The first-order valence-electron chi connectivity index (χ1n) is 9.97. The Morgan fingerprint density at radius 2 is 1.81 bits per heavy atom. The van der Waals surface area contributed by atoms with Crippen LogP contribution in [0.4, 0.5) is 5.69 Å². The van der Waals surface area contributed by atoms with Crippen LogP contribution in [0.2, 0.25) is 0 Å². The van der Waals surface area contributed by atoms with E-state index in [4.69, 9.17) is 4.74 Å². The van der Waals surface area contributed by atoms with Crippen LogP contribution >= 0.6 is 11.3 Å². The minimum Gasteiger partial charge on any atom is -0.462 e. The van der Waals surface area contributed by atoms with E-state index in [1.807, 2.05) is 37.3 Å². The average molecular weight is 449 g/mol. The van der Waals surface area contributed by atoms with Gasteiger partial charge in [0.1, 0.15) is 12.2 Å². The Morgan fingerprint density at radius 1 is 1.09 bits per heavy atom. The van der Waals surface area contributed by atoms with E-state index in [9.17, 15) is 14.4 Å². The molecular weight excluding hydrogens is 428 g/mol. The van der Waals surface area contributed by atoms with Gasteiger partial charge in [0, 0.05) is 5.56 Å². The zero-order valence-corrected chi connectivity index (χ0v) is 18.3. The molecule has 0 radical (unpaired) electrons. The van der Waals surface area contributed by atoms with Gasteiger partial charge < -0.3 is 10.1 Å². The highest BCUT2D eigenvalue weighted by atomic mass is 32.1. The molecular formula is C23H20N4O4S. The monoisotopic (exact) mass is 448 g/mol. The molecule has 0 fully saturated rings. The van der Waals surface area contributed by atoms with Gasteiger partial charge in [0.25, 0.3) is 5.56 Å². The van der Waals surface area contributed by atoms with Crippen molar-refractivity contribution in [3.8, 4) is 11.3 Å². The van der Waals surface area contributed by atoms with Crippen LogP contribution in [0.3, 0.4) is 0 Å². The maximum Gasteiger partial charge on any atom is 0.340 e. The largest absolute Gasteiger partial charge is 0.462 e. The second-order valence-electron chi connectivity index (χ2n) is 6.90. The molecule has 4 rings (SSSR count). The van der Waals surface area contributed by atoms with E-state index in [1.165, 1.54) is 11.3 Å². The highest BCUT2D eigenvalue weighted by Crippen LogP contribution is 2.29. The Kier molecular flexibility index (Phi) is 6.09. The van der Waals surface area contributed by atoms with Crippen LogP contribution in [0, 0.1) is 6.92 Å². The molecule has 0 saturated heterocycles. The summed E-state index contributed by atoms with van der Waals surface area (Å²) in [7, 11) is 0. The second kappa shape index (κ2) is 9.11. The number of hydrogen-bond donors (Lipinski definition) is 1. The van der Waals surface area contributed by atoms with E-state index in [-0.39, 0.29) is 24.2 Å². The molecule has 9 heteroatoms. The van der Waals surface area contributed by atoms with Crippen molar-refractivity contribution >= 4 is 39.1 Å². The normalized spacial score (nSPS) is 10.8. The number of amides is 1. The maximum absolute atomic E-state index is 13.0. The molecule has 162 valence electrons. The van der Waals surface area contributed by atoms with Crippen LogP contribution in [-0.4, -0.2) is 33.2 Å². The molecule has 1 amide bonds. The number of carbonyl (C=O) groups excluding carboxylic acids is 2. The van der Waals surface area contributed by atoms with Crippen LogP contribution in [0.15, 0.2) is 59.4 Å². The average Bonchev–Trinajstić information content (AvgIpc) is 3.18. The minimum atomic E-state index is -0.538. The number of thiazole rings is 1. The third kappa shape index (κ3) is 4.28. The smallest absolute Gasteiger partial charge is 0.340 e. The number of aromatic nitrogens is 3. The Labute approximate surface area is 187 Å². The molecule has 8 nitrogen and oxygen atoms in total. The number of anilines is 1. The number of nitrogens with one attached hydrogen (secondary N) is 1. The second-order valence-corrected chi connectivity index (χ2v) is 8.11. The number of esters is 1. The summed E-state index contributed by atoms with van der Waals surface area (Å²) in [5, 5.41) is 7.89. The molecule has 4 aromatic rings. The summed E-state index contributed by atoms with van der Waals surface area (Å²) >= 11 is 1.39. The molecule has 32 heavy (non-hydrogen) atoms. The van der Waals surface area contributed by atoms with Gasteiger partial charge in [0.15, 0.2) is 5.52 Å². The summed E-state index contributed by atoms with van der Waals surface area (Å²) < 4.78 is 6.82. The summed E-state index contributed by atoms with van der Waals surface area (Å²) in [5.41, 5.74) is 1.78. The summed E-state index contributed by atoms with van der Waals surface area (Å²) in [4.78, 5) is 42.3. The van der Waals surface area contributed by atoms with Gasteiger partial charge in [-0.3, -0.25) is 9.59 Å². The quantitative estimate of drug-likeness (QED) is 0.452. The molecule has 0 bridgehead atoms. The first kappa shape index (κ1) is 21.4. The lowest BCUT2D eigenvalue weighted by Crippen LogP contribution is -2.30. The molecule has 0 aliphatic rings. The molecule has 2 aromatic carbocycles. The minimum absolute atomic E-state index is 0.218. The first-order valence-corrected chi connectivity index (χ1v) is 10.8. The van der Waals surface area contributed by atoms with E-state index in [0.29, 0.717) is 16.1 Å². The summed E-state index contributed by atoms with van der Waals surface area (Å²) in [6, 6.07) is 16.0. The fourth-order valence-electron chi connectivity index (χ4n) is 3.26. The van der Waals surface area contributed by atoms with Crippen molar-refractivity contribution in [2.75, 3.05) is 11.9 Å². The van der Waals surface area contributed by atoms with Crippen molar-refractivity contribution in [1.29, 1.82) is 0 Å². The number of aryl methyl sites for hydroxylation is 1. The van der Waals surface area contributed by atoms with Crippen molar-refractivity contribution in [3.63, 3.8) is 0 Å². The van der Waals surface area contributed by atoms with Crippen molar-refractivity contribution in [3.05, 3.63) is 75.5 Å². The third-order valence-electron chi connectivity index (χ3n) is 4.64. The predicted octanol–water partition coefficient (Wildman–Crippen LogP) is 3.64. The van der Waals surface area contributed by atoms with Gasteiger partial charge >= 0.3 is 5.97 Å². The Morgan fingerprint density at radius 3 is 2.56 bits per heavy atom. The van der Waals surface area contributed by atoms with E-state index >= 15 is 0 Å². The van der Waals surface area contributed by atoms with E-state index in [2.05, 4.69) is 15.4 Å². The molecule has 1 N–H and O–H groups in total. The number of ether oxygens (including phenoxy) is 1. The SMILES string of the molecule is CCOC(=O)c1ccccc1NC(=O)Cn1nc(-c2ccccc2)c2sc(C)nc2c1=O. The summed E-state index contributed by atoms with van der Waals surface area (Å²) in [6.45, 7) is 3.41. The number of para-hydroxylation sites is 1. The maximum atomic E-state index is 13.0. The van der Waals surface area contributed by atoms with Gasteiger partial charge in [0.2, 0.25) is 5.91 Å². The van der Waals surface area contributed by atoms with Crippen LogP contribution in [0.5, 0.6) is 0 Å². The number of hydrogen-bond acceptors (Lipinski definition) is 7. The number of rotatable bonds is 6. The van der Waals surface area contributed by atoms with E-state index < -0.39 is 17.4 Å². The first-order chi connectivity index (χ1) is 15.5. The van der Waals surface area contributed by atoms with Crippen molar-refractivity contribution in [2.24, 2.45) is 0 Å². The third-order valence-corrected chi connectivity index (χ3v) is 5.62. The van der Waals surface area contributed by atoms with Crippen LogP contribution in [0.25, 0.3) is 21.5 Å². The lowest BCUT2D eigenvalue weighted by Gasteiger charge is -2.12. The number of benzene rings is 2. The van der Waals surface area contributed by atoms with Crippen molar-refractivity contribution in [2.45, 2.75) is 20.4 Å². The van der Waals surface area contributed by atoms with Gasteiger partial charge in [-0.05, 0) is 26.0 Å². The highest BCUT2D eigenvalue weighted by Gasteiger charge is 2.19. The Hall–Kier alpha value is -3.85. The topological polar surface area (TPSA) is 103 Å². The number of nitrogens with zero attached hydrogens (tertiary/aromatic N) is 3. The molecule has 2 aromatic heterocycles. The van der Waals surface area contributed by atoms with Gasteiger partial charge in [-0.25, -0.2) is 14.5 Å². The predicted molar refractivity (Wildman–Crippen MR) is 123 cm³/mol. The molecule has 0 aliphatic heterocycles. The highest BCUT2D eigenvalue weighted by molar-refractivity contribution is 7.19. The fourth-order valence-corrected chi connectivity index (χ4v) is 4.18. The molecule has 0 saturated carbocycles. The zero-order valence-electron chi connectivity index (χ0n) is 17.5. The Bertz CT molecular complexity index is 1360. The van der Waals surface area contributed by atoms with Gasteiger partial charge in [-0.15, -0.1) is 11.3 Å². The van der Waals surface area contributed by atoms with Gasteiger partial charge in [-0.2, -0.15) is 5.10 Å². The molecule has 0 atom stereocenters. The molecule has 2 heterocycles. The summed E-state index contributed by atoms with van der Waals surface area (Å²) in [5.74, 6) is -1.04. The number of carbonyl (C=O) groups is 2. The molecule has 0 unspecified atom stereocenters. The Balaban J connectivity index is 1.68. The fraction of sp³-hybridized carbons (Fsp3) is 0.174. The zero-order chi connectivity index (χ0) is 22.7. The van der Waals surface area contributed by atoms with Gasteiger partial charge in [-0.1, -0.05) is 42.5 Å². The van der Waals surface area contributed by atoms with Crippen molar-refractivity contribution < 1.29 is 14.3 Å². The molecule has 0 aliphatic carbocycles. The standard InChI is InChI=1S/C23H20N4O4S/c1-3-31-23(30)16-11-7-8-12-17(16)25-18(28)13-27-22(29)20-21(32-14(2)24-20)19(26-27)15-9-5-4-6-10-15/h4-12H,3,13H2,1-2H3,(H,25,28). The lowest BCUT2D eigenvalue weighted by atomic mass is 10.1.